The molecule has 2 rings (SSSR count). The molecule has 5 heteroatoms. The predicted octanol–water partition coefficient (Wildman–Crippen LogP) is 2.35. The van der Waals surface area contributed by atoms with Gasteiger partial charge in [-0.05, 0) is 31.1 Å². The zero-order valence-corrected chi connectivity index (χ0v) is 13.4. The van der Waals surface area contributed by atoms with E-state index >= 15 is 0 Å². The standard InChI is InChI=1S/C17H23NO4/c1-20-14-8-10-18(11-9-14)17(19)7-5-13-4-6-15(21-2)12-16(13)22-3/h4-7,12,14H,8-11H2,1-3H3/b7-5+. The number of hydrogen-bond acceptors (Lipinski definition) is 4. The second-order valence-electron chi connectivity index (χ2n) is 5.20. The fourth-order valence-corrected chi connectivity index (χ4v) is 2.53. The molecule has 1 aliphatic rings. The Hall–Kier alpha value is -2.01. The number of carbonyl (C=O) groups is 1. The van der Waals surface area contributed by atoms with Crippen molar-refractivity contribution in [1.82, 2.24) is 4.90 Å². The van der Waals surface area contributed by atoms with Gasteiger partial charge in [0.25, 0.3) is 0 Å². The van der Waals surface area contributed by atoms with Crippen molar-refractivity contribution in [3.8, 4) is 11.5 Å². The fraction of sp³-hybridized carbons (Fsp3) is 0.471. The lowest BCUT2D eigenvalue weighted by molar-refractivity contribution is -0.128. The number of nitrogens with zero attached hydrogens (tertiary/aromatic N) is 1. The van der Waals surface area contributed by atoms with Crippen LogP contribution in [0.3, 0.4) is 0 Å². The number of carbonyl (C=O) groups excluding carboxylic acids is 1. The lowest BCUT2D eigenvalue weighted by Crippen LogP contribution is -2.39. The Morgan fingerprint density at radius 1 is 1.18 bits per heavy atom. The molecule has 1 amide bonds. The minimum Gasteiger partial charge on any atom is -0.497 e. The van der Waals surface area contributed by atoms with E-state index in [1.165, 1.54) is 0 Å². The molecule has 0 aliphatic carbocycles. The maximum atomic E-state index is 12.2. The molecule has 0 bridgehead atoms. The molecule has 1 fully saturated rings. The third-order valence-corrected chi connectivity index (χ3v) is 3.93. The normalized spacial score (nSPS) is 16.0. The van der Waals surface area contributed by atoms with Crippen molar-refractivity contribution in [3.05, 3.63) is 29.8 Å². The lowest BCUT2D eigenvalue weighted by Gasteiger charge is -2.30. The monoisotopic (exact) mass is 305 g/mol. The summed E-state index contributed by atoms with van der Waals surface area (Å²) in [5, 5.41) is 0. The van der Waals surface area contributed by atoms with Gasteiger partial charge >= 0.3 is 0 Å². The Morgan fingerprint density at radius 2 is 1.91 bits per heavy atom. The molecule has 22 heavy (non-hydrogen) atoms. The smallest absolute Gasteiger partial charge is 0.246 e. The Kier molecular flexibility index (Phi) is 5.83. The van der Waals surface area contributed by atoms with E-state index < -0.39 is 0 Å². The summed E-state index contributed by atoms with van der Waals surface area (Å²) in [5.41, 5.74) is 0.850. The average Bonchev–Trinajstić information content (AvgIpc) is 2.59. The van der Waals surface area contributed by atoms with Crippen molar-refractivity contribution in [2.24, 2.45) is 0 Å². The molecule has 1 aliphatic heterocycles. The molecule has 1 aromatic rings. The van der Waals surface area contributed by atoms with Crippen LogP contribution in [0.5, 0.6) is 11.5 Å². The minimum absolute atomic E-state index is 0.0208. The van der Waals surface area contributed by atoms with E-state index in [2.05, 4.69) is 0 Å². The van der Waals surface area contributed by atoms with Crippen molar-refractivity contribution in [2.45, 2.75) is 18.9 Å². The van der Waals surface area contributed by atoms with Gasteiger partial charge in [-0.3, -0.25) is 4.79 Å². The predicted molar refractivity (Wildman–Crippen MR) is 85.2 cm³/mol. The number of ether oxygens (including phenoxy) is 3. The van der Waals surface area contributed by atoms with E-state index in [4.69, 9.17) is 14.2 Å². The number of hydrogen-bond donors (Lipinski definition) is 0. The van der Waals surface area contributed by atoms with Crippen LogP contribution in [-0.2, 0) is 9.53 Å². The maximum absolute atomic E-state index is 12.2. The van der Waals surface area contributed by atoms with Gasteiger partial charge in [0.05, 0.1) is 20.3 Å². The van der Waals surface area contributed by atoms with Gasteiger partial charge in [0.1, 0.15) is 11.5 Å². The molecule has 1 saturated heterocycles. The molecule has 1 aromatic carbocycles. The zero-order chi connectivity index (χ0) is 15.9. The Labute approximate surface area is 131 Å². The maximum Gasteiger partial charge on any atom is 0.246 e. The van der Waals surface area contributed by atoms with Crippen LogP contribution >= 0.6 is 0 Å². The first kappa shape index (κ1) is 16.4. The Bertz CT molecular complexity index is 533. The van der Waals surface area contributed by atoms with Crippen LogP contribution < -0.4 is 9.47 Å². The van der Waals surface area contributed by atoms with Crippen molar-refractivity contribution in [1.29, 1.82) is 0 Å². The minimum atomic E-state index is 0.0208. The lowest BCUT2D eigenvalue weighted by atomic mass is 10.1. The number of benzene rings is 1. The van der Waals surface area contributed by atoms with Crippen LogP contribution in [0.4, 0.5) is 0 Å². The second kappa shape index (κ2) is 7.84. The largest absolute Gasteiger partial charge is 0.497 e. The van der Waals surface area contributed by atoms with Gasteiger partial charge in [0.2, 0.25) is 5.91 Å². The van der Waals surface area contributed by atoms with Gasteiger partial charge in [-0.1, -0.05) is 0 Å². The highest BCUT2D eigenvalue weighted by Crippen LogP contribution is 2.25. The summed E-state index contributed by atoms with van der Waals surface area (Å²) in [6.45, 7) is 1.48. The molecule has 0 atom stereocenters. The van der Waals surface area contributed by atoms with E-state index in [-0.39, 0.29) is 12.0 Å². The summed E-state index contributed by atoms with van der Waals surface area (Å²) < 4.78 is 15.8. The third kappa shape index (κ3) is 4.01. The van der Waals surface area contributed by atoms with E-state index in [1.54, 1.807) is 39.5 Å². The fourth-order valence-electron chi connectivity index (χ4n) is 2.53. The summed E-state index contributed by atoms with van der Waals surface area (Å²) in [5.74, 6) is 1.43. The molecule has 1 heterocycles. The van der Waals surface area contributed by atoms with Crippen LogP contribution in [0.1, 0.15) is 18.4 Å². The molecular formula is C17H23NO4. The molecule has 0 saturated carbocycles. The highest BCUT2D eigenvalue weighted by atomic mass is 16.5. The topological polar surface area (TPSA) is 48.0 Å². The van der Waals surface area contributed by atoms with Gasteiger partial charge in [0.15, 0.2) is 0 Å². The van der Waals surface area contributed by atoms with E-state index in [9.17, 15) is 4.79 Å². The summed E-state index contributed by atoms with van der Waals surface area (Å²) in [7, 11) is 4.93. The van der Waals surface area contributed by atoms with Crippen LogP contribution in [0.2, 0.25) is 0 Å². The van der Waals surface area contributed by atoms with Crippen LogP contribution in [0.15, 0.2) is 24.3 Å². The van der Waals surface area contributed by atoms with Crippen molar-refractivity contribution < 1.29 is 19.0 Å². The summed E-state index contributed by atoms with van der Waals surface area (Å²) in [6.07, 6.45) is 5.43. The third-order valence-electron chi connectivity index (χ3n) is 3.93. The SMILES string of the molecule is COc1ccc(/C=C/C(=O)N2CCC(OC)CC2)c(OC)c1. The van der Waals surface area contributed by atoms with Crippen molar-refractivity contribution in [2.75, 3.05) is 34.4 Å². The van der Waals surface area contributed by atoms with E-state index in [0.29, 0.717) is 5.75 Å². The average molecular weight is 305 g/mol. The van der Waals surface area contributed by atoms with E-state index in [0.717, 1.165) is 37.2 Å². The first-order valence-corrected chi connectivity index (χ1v) is 7.39. The molecule has 0 unspecified atom stereocenters. The molecule has 0 N–H and O–H groups in total. The molecule has 0 radical (unpaired) electrons. The highest BCUT2D eigenvalue weighted by molar-refractivity contribution is 5.92. The molecule has 0 aromatic heterocycles. The summed E-state index contributed by atoms with van der Waals surface area (Å²) in [4.78, 5) is 14.1. The molecule has 0 spiro atoms. The van der Waals surface area contributed by atoms with Crippen LogP contribution in [-0.4, -0.2) is 51.3 Å². The summed E-state index contributed by atoms with van der Waals surface area (Å²) in [6, 6.07) is 5.52. The number of rotatable bonds is 5. The van der Waals surface area contributed by atoms with Gasteiger partial charge in [0, 0.05) is 37.9 Å². The number of amides is 1. The Balaban J connectivity index is 2.01. The van der Waals surface area contributed by atoms with Gasteiger partial charge < -0.3 is 19.1 Å². The van der Waals surface area contributed by atoms with Gasteiger partial charge in [-0.2, -0.15) is 0 Å². The quantitative estimate of drug-likeness (QED) is 0.784. The first-order valence-electron chi connectivity index (χ1n) is 7.39. The van der Waals surface area contributed by atoms with Crippen molar-refractivity contribution >= 4 is 12.0 Å². The van der Waals surface area contributed by atoms with E-state index in [1.807, 2.05) is 17.0 Å². The molecule has 120 valence electrons. The molecule has 5 nitrogen and oxygen atoms in total. The summed E-state index contributed by atoms with van der Waals surface area (Å²) >= 11 is 0. The number of likely N-dealkylation sites (tertiary alicyclic amines) is 1. The van der Waals surface area contributed by atoms with Crippen LogP contribution in [0, 0.1) is 0 Å². The molecular weight excluding hydrogens is 282 g/mol. The van der Waals surface area contributed by atoms with Crippen molar-refractivity contribution in [3.63, 3.8) is 0 Å². The Morgan fingerprint density at radius 3 is 2.50 bits per heavy atom. The zero-order valence-electron chi connectivity index (χ0n) is 13.4. The van der Waals surface area contributed by atoms with Crippen LogP contribution in [0.25, 0.3) is 6.08 Å². The second-order valence-corrected chi connectivity index (χ2v) is 5.20. The first-order chi connectivity index (χ1) is 10.7. The van der Waals surface area contributed by atoms with Gasteiger partial charge in [-0.25, -0.2) is 0 Å². The number of methoxy groups -OCH3 is 3. The number of piperidine rings is 1. The highest BCUT2D eigenvalue weighted by Gasteiger charge is 2.20. The van der Waals surface area contributed by atoms with Gasteiger partial charge in [-0.15, -0.1) is 0 Å².